The molecule has 2 rings (SSSR count). The summed E-state index contributed by atoms with van der Waals surface area (Å²) in [5.41, 5.74) is 0.474. The lowest BCUT2D eigenvalue weighted by Gasteiger charge is -1.83. The number of carboxylic acids is 1. The molecule has 0 aromatic carbocycles. The molecule has 6 heteroatoms. The number of rotatable bonds is 1. The molecule has 0 unspecified atom stereocenters. The Morgan fingerprint density at radius 3 is 3.08 bits per heavy atom. The summed E-state index contributed by atoms with van der Waals surface area (Å²) in [5, 5.41) is 12.2. The summed E-state index contributed by atoms with van der Waals surface area (Å²) in [4.78, 5) is 17.9. The predicted octanol–water partition coefficient (Wildman–Crippen LogP) is -0.178. The van der Waals surface area contributed by atoms with Gasteiger partial charge < -0.3 is 5.11 Å². The third-order valence-electron chi connectivity index (χ3n) is 1.33. The van der Waals surface area contributed by atoms with Crippen LogP contribution in [0.5, 0.6) is 0 Å². The van der Waals surface area contributed by atoms with Crippen LogP contribution in [0.15, 0.2) is 18.6 Å². The van der Waals surface area contributed by atoms with Gasteiger partial charge in [0.1, 0.15) is 6.33 Å². The van der Waals surface area contributed by atoms with E-state index in [9.17, 15) is 4.79 Å². The molecule has 6 nitrogen and oxygen atoms in total. The second-order valence-electron chi connectivity index (χ2n) is 2.12. The molecule has 0 aliphatic carbocycles. The molecule has 12 heavy (non-hydrogen) atoms. The summed E-state index contributed by atoms with van der Waals surface area (Å²) < 4.78 is 1.31. The standard InChI is InChI=1S/C6H4N4O2/c11-6(12)5-8-4-1-2-7-3-10(4)9-5/h1-3H,(H,11,12). The van der Waals surface area contributed by atoms with Crippen LogP contribution in [0.2, 0.25) is 0 Å². The smallest absolute Gasteiger partial charge is 0.375 e. The SMILES string of the molecule is O=C(O)c1nc2ccncn2n1. The molecule has 0 atom stereocenters. The number of carboxylic acid groups (broad SMARTS) is 1. The van der Waals surface area contributed by atoms with Crippen LogP contribution in [-0.4, -0.2) is 30.7 Å². The van der Waals surface area contributed by atoms with Gasteiger partial charge in [-0.15, -0.1) is 5.10 Å². The zero-order valence-electron chi connectivity index (χ0n) is 5.88. The van der Waals surface area contributed by atoms with Crippen LogP contribution in [0.4, 0.5) is 0 Å². The highest BCUT2D eigenvalue weighted by Crippen LogP contribution is 1.97. The van der Waals surface area contributed by atoms with Gasteiger partial charge in [-0.2, -0.15) is 0 Å². The molecule has 2 aromatic heterocycles. The molecule has 0 aliphatic rings. The van der Waals surface area contributed by atoms with Gasteiger partial charge in [0.2, 0.25) is 0 Å². The van der Waals surface area contributed by atoms with Crippen molar-refractivity contribution in [2.75, 3.05) is 0 Å². The van der Waals surface area contributed by atoms with Gasteiger partial charge in [-0.05, 0) is 0 Å². The maximum Gasteiger partial charge on any atom is 0.375 e. The van der Waals surface area contributed by atoms with E-state index in [1.165, 1.54) is 17.0 Å². The van der Waals surface area contributed by atoms with E-state index in [0.29, 0.717) is 5.65 Å². The average molecular weight is 164 g/mol. The summed E-state index contributed by atoms with van der Waals surface area (Å²) in [7, 11) is 0. The molecular weight excluding hydrogens is 160 g/mol. The van der Waals surface area contributed by atoms with Crippen molar-refractivity contribution in [2.24, 2.45) is 0 Å². The maximum absolute atomic E-state index is 10.4. The molecule has 0 saturated carbocycles. The van der Waals surface area contributed by atoms with Crippen molar-refractivity contribution in [3.63, 3.8) is 0 Å². The van der Waals surface area contributed by atoms with E-state index in [2.05, 4.69) is 15.1 Å². The predicted molar refractivity (Wildman–Crippen MR) is 37.7 cm³/mol. The van der Waals surface area contributed by atoms with Crippen molar-refractivity contribution < 1.29 is 9.90 Å². The fourth-order valence-electron chi connectivity index (χ4n) is 0.836. The van der Waals surface area contributed by atoms with E-state index in [0.717, 1.165) is 0 Å². The number of aromatic carboxylic acids is 1. The minimum absolute atomic E-state index is 0.219. The monoisotopic (exact) mass is 164 g/mol. The van der Waals surface area contributed by atoms with Crippen LogP contribution in [0.25, 0.3) is 5.65 Å². The van der Waals surface area contributed by atoms with Gasteiger partial charge in [0, 0.05) is 12.3 Å². The lowest BCUT2D eigenvalue weighted by Crippen LogP contribution is -1.99. The summed E-state index contributed by atoms with van der Waals surface area (Å²) in [6.07, 6.45) is 2.92. The van der Waals surface area contributed by atoms with Gasteiger partial charge in [-0.3, -0.25) is 0 Å². The second kappa shape index (κ2) is 2.26. The van der Waals surface area contributed by atoms with E-state index in [1.54, 1.807) is 6.07 Å². The third-order valence-corrected chi connectivity index (χ3v) is 1.33. The highest BCUT2D eigenvalue weighted by atomic mass is 16.4. The van der Waals surface area contributed by atoms with E-state index in [-0.39, 0.29) is 5.82 Å². The average Bonchev–Trinajstić information content (AvgIpc) is 2.46. The molecule has 0 fully saturated rings. The lowest BCUT2D eigenvalue weighted by molar-refractivity contribution is 0.0684. The van der Waals surface area contributed by atoms with Gasteiger partial charge in [0.05, 0.1) is 0 Å². The van der Waals surface area contributed by atoms with E-state index >= 15 is 0 Å². The second-order valence-corrected chi connectivity index (χ2v) is 2.12. The Hall–Kier alpha value is -1.98. The zero-order valence-corrected chi connectivity index (χ0v) is 5.88. The molecule has 2 heterocycles. The highest BCUT2D eigenvalue weighted by Gasteiger charge is 2.09. The fourth-order valence-corrected chi connectivity index (χ4v) is 0.836. The molecule has 0 aliphatic heterocycles. The van der Waals surface area contributed by atoms with E-state index < -0.39 is 5.97 Å². The molecule has 0 amide bonds. The number of nitrogens with zero attached hydrogens (tertiary/aromatic N) is 4. The van der Waals surface area contributed by atoms with Crippen LogP contribution < -0.4 is 0 Å². The van der Waals surface area contributed by atoms with Crippen molar-refractivity contribution in [1.82, 2.24) is 19.6 Å². The number of hydrogen-bond donors (Lipinski definition) is 1. The van der Waals surface area contributed by atoms with Crippen molar-refractivity contribution in [3.05, 3.63) is 24.4 Å². The Morgan fingerprint density at radius 1 is 1.58 bits per heavy atom. The normalized spacial score (nSPS) is 10.3. The van der Waals surface area contributed by atoms with Gasteiger partial charge in [-0.1, -0.05) is 0 Å². The van der Waals surface area contributed by atoms with Crippen LogP contribution in [0.1, 0.15) is 10.6 Å². The van der Waals surface area contributed by atoms with Crippen LogP contribution in [-0.2, 0) is 0 Å². The molecular formula is C6H4N4O2. The Balaban J connectivity index is 2.70. The molecule has 0 bridgehead atoms. The first kappa shape index (κ1) is 6.71. The van der Waals surface area contributed by atoms with Crippen molar-refractivity contribution >= 4 is 11.6 Å². The van der Waals surface area contributed by atoms with Crippen LogP contribution in [0.3, 0.4) is 0 Å². The number of hydrogen-bond acceptors (Lipinski definition) is 4. The number of aromatic nitrogens is 4. The molecule has 0 radical (unpaired) electrons. The summed E-state index contributed by atoms with van der Waals surface area (Å²) in [6.45, 7) is 0. The number of fused-ring (bicyclic) bond motifs is 1. The van der Waals surface area contributed by atoms with Crippen molar-refractivity contribution in [3.8, 4) is 0 Å². The van der Waals surface area contributed by atoms with Gasteiger partial charge >= 0.3 is 5.97 Å². The van der Waals surface area contributed by atoms with Crippen molar-refractivity contribution in [2.45, 2.75) is 0 Å². The van der Waals surface area contributed by atoms with Gasteiger partial charge in [0.25, 0.3) is 5.82 Å². The molecule has 60 valence electrons. The first-order chi connectivity index (χ1) is 5.77. The lowest BCUT2D eigenvalue weighted by atomic mass is 10.6. The summed E-state index contributed by atoms with van der Waals surface area (Å²) in [6, 6.07) is 1.58. The Labute approximate surface area is 66.5 Å². The first-order valence-corrected chi connectivity index (χ1v) is 3.17. The van der Waals surface area contributed by atoms with Crippen molar-refractivity contribution in [1.29, 1.82) is 0 Å². The Bertz CT molecular complexity index is 403. The first-order valence-electron chi connectivity index (χ1n) is 3.17. The Morgan fingerprint density at radius 2 is 2.42 bits per heavy atom. The van der Waals surface area contributed by atoms with Crippen LogP contribution >= 0.6 is 0 Å². The Kier molecular flexibility index (Phi) is 1.26. The topological polar surface area (TPSA) is 80.4 Å². The summed E-state index contributed by atoms with van der Waals surface area (Å²) >= 11 is 0. The largest absolute Gasteiger partial charge is 0.475 e. The minimum Gasteiger partial charge on any atom is -0.475 e. The van der Waals surface area contributed by atoms with Gasteiger partial charge in [-0.25, -0.2) is 19.3 Å². The van der Waals surface area contributed by atoms with E-state index in [4.69, 9.17) is 5.11 Å². The molecule has 0 spiro atoms. The minimum atomic E-state index is -1.14. The van der Waals surface area contributed by atoms with E-state index in [1.807, 2.05) is 0 Å². The maximum atomic E-state index is 10.4. The highest BCUT2D eigenvalue weighted by molar-refractivity contribution is 5.83. The van der Waals surface area contributed by atoms with Gasteiger partial charge in [0.15, 0.2) is 5.65 Å². The number of carbonyl (C=O) groups is 1. The molecule has 2 aromatic rings. The quantitative estimate of drug-likeness (QED) is 0.632. The zero-order chi connectivity index (χ0) is 8.55. The molecule has 1 N–H and O–H groups in total. The summed E-state index contributed by atoms with van der Waals surface area (Å²) in [5.74, 6) is -1.36. The van der Waals surface area contributed by atoms with Crippen LogP contribution in [0, 0.1) is 0 Å². The molecule has 0 saturated heterocycles. The fraction of sp³-hybridized carbons (Fsp3) is 0. The third kappa shape index (κ3) is 0.895.